The van der Waals surface area contributed by atoms with Crippen molar-refractivity contribution in [1.82, 2.24) is 5.32 Å². The first kappa shape index (κ1) is 12.3. The van der Waals surface area contributed by atoms with Gasteiger partial charge in [0.1, 0.15) is 12.4 Å². The second-order valence-electron chi connectivity index (χ2n) is 5.56. The average Bonchev–Trinajstić information content (AvgIpc) is 2.60. The van der Waals surface area contributed by atoms with E-state index in [1.54, 1.807) is 0 Å². The molecule has 2 heteroatoms. The minimum absolute atomic E-state index is 0.398. The second-order valence-corrected chi connectivity index (χ2v) is 5.56. The third-order valence-corrected chi connectivity index (χ3v) is 3.93. The van der Waals surface area contributed by atoms with Gasteiger partial charge in [-0.05, 0) is 31.4 Å². The summed E-state index contributed by atoms with van der Waals surface area (Å²) < 4.78 is 5.91. The molecule has 1 aromatic carbocycles. The van der Waals surface area contributed by atoms with Gasteiger partial charge in [0.05, 0.1) is 11.7 Å². The monoisotopic (exact) mass is 255 g/mol. The Labute approximate surface area is 115 Å². The van der Waals surface area contributed by atoms with Crippen LogP contribution in [-0.2, 0) is 4.74 Å². The molecule has 0 fully saturated rings. The fraction of sp³-hybridized carbons (Fsp3) is 0.412. The Morgan fingerprint density at radius 1 is 1.21 bits per heavy atom. The van der Waals surface area contributed by atoms with Crippen LogP contribution in [0.3, 0.4) is 0 Å². The predicted molar refractivity (Wildman–Crippen MR) is 77.7 cm³/mol. The molecule has 1 N–H and O–H groups in total. The van der Waals surface area contributed by atoms with Crippen molar-refractivity contribution >= 4 is 0 Å². The highest BCUT2D eigenvalue weighted by atomic mass is 16.5. The maximum Gasteiger partial charge on any atom is 0.119 e. The van der Waals surface area contributed by atoms with E-state index in [9.17, 15) is 0 Å². The van der Waals surface area contributed by atoms with Gasteiger partial charge in [-0.15, -0.1) is 0 Å². The molecule has 19 heavy (non-hydrogen) atoms. The van der Waals surface area contributed by atoms with Gasteiger partial charge < -0.3 is 10.1 Å². The van der Waals surface area contributed by atoms with Gasteiger partial charge in [0.25, 0.3) is 0 Å². The largest absolute Gasteiger partial charge is 0.494 e. The van der Waals surface area contributed by atoms with Crippen LogP contribution in [0.5, 0.6) is 0 Å². The number of ether oxygens (including phenoxy) is 1. The summed E-state index contributed by atoms with van der Waals surface area (Å²) in [5.74, 6) is 1.64. The first-order valence-corrected chi connectivity index (χ1v) is 7.10. The number of hydrogen-bond donors (Lipinski definition) is 1. The highest BCUT2D eigenvalue weighted by Gasteiger charge is 2.24. The molecule has 1 aromatic rings. The first-order valence-electron chi connectivity index (χ1n) is 7.10. The summed E-state index contributed by atoms with van der Waals surface area (Å²) >= 11 is 0. The summed E-state index contributed by atoms with van der Waals surface area (Å²) in [5.41, 5.74) is 3.93. The molecule has 2 nitrogen and oxygen atoms in total. The minimum Gasteiger partial charge on any atom is -0.494 e. The third-order valence-electron chi connectivity index (χ3n) is 3.93. The lowest BCUT2D eigenvalue weighted by Gasteiger charge is -2.27. The van der Waals surface area contributed by atoms with E-state index in [0.717, 1.165) is 25.2 Å². The fourth-order valence-electron chi connectivity index (χ4n) is 2.92. The lowest BCUT2D eigenvalue weighted by Crippen LogP contribution is -2.35. The molecule has 0 radical (unpaired) electrons. The molecule has 0 bridgehead atoms. The van der Waals surface area contributed by atoms with Crippen LogP contribution in [0.2, 0.25) is 0 Å². The summed E-state index contributed by atoms with van der Waals surface area (Å²) in [7, 11) is 0. The van der Waals surface area contributed by atoms with Gasteiger partial charge >= 0.3 is 0 Å². The van der Waals surface area contributed by atoms with E-state index >= 15 is 0 Å². The second kappa shape index (κ2) is 5.12. The number of benzene rings is 1. The Morgan fingerprint density at radius 3 is 2.79 bits per heavy atom. The Bertz CT molecular complexity index is 515. The van der Waals surface area contributed by atoms with E-state index in [-0.39, 0.29) is 0 Å². The number of rotatable bonds is 1. The average molecular weight is 255 g/mol. The van der Waals surface area contributed by atoms with Crippen molar-refractivity contribution in [2.45, 2.75) is 38.6 Å². The van der Waals surface area contributed by atoms with E-state index < -0.39 is 0 Å². The summed E-state index contributed by atoms with van der Waals surface area (Å²) in [6.07, 6.45) is 4.52. The van der Waals surface area contributed by atoms with Crippen molar-refractivity contribution in [3.63, 3.8) is 0 Å². The third kappa shape index (κ3) is 2.53. The Balaban J connectivity index is 1.88. The zero-order valence-electron chi connectivity index (χ0n) is 11.6. The molecule has 0 aromatic heterocycles. The van der Waals surface area contributed by atoms with Crippen molar-refractivity contribution in [2.75, 3.05) is 6.61 Å². The van der Waals surface area contributed by atoms with Crippen molar-refractivity contribution in [2.24, 2.45) is 0 Å². The molecule has 0 amide bonds. The molecular weight excluding hydrogens is 234 g/mol. The molecule has 100 valence electrons. The van der Waals surface area contributed by atoms with Gasteiger partial charge in [0.15, 0.2) is 0 Å². The smallest absolute Gasteiger partial charge is 0.119 e. The van der Waals surface area contributed by atoms with Crippen molar-refractivity contribution in [3.8, 4) is 0 Å². The molecule has 2 atom stereocenters. The molecule has 1 aliphatic heterocycles. The van der Waals surface area contributed by atoms with Gasteiger partial charge in [0.2, 0.25) is 0 Å². The van der Waals surface area contributed by atoms with Crippen LogP contribution in [0.4, 0.5) is 0 Å². The Hall–Kier alpha value is -1.70. The number of allylic oxidation sites excluding steroid dienone is 3. The van der Waals surface area contributed by atoms with Crippen LogP contribution < -0.4 is 5.32 Å². The molecule has 0 saturated carbocycles. The van der Waals surface area contributed by atoms with Crippen LogP contribution in [-0.4, -0.2) is 12.6 Å². The molecule has 0 spiro atoms. The van der Waals surface area contributed by atoms with E-state index in [0.29, 0.717) is 12.0 Å². The lowest BCUT2D eigenvalue weighted by molar-refractivity contribution is 0.154. The quantitative estimate of drug-likeness (QED) is 0.825. The first-order chi connectivity index (χ1) is 9.24. The van der Waals surface area contributed by atoms with Crippen molar-refractivity contribution < 1.29 is 4.74 Å². The Kier molecular flexibility index (Phi) is 3.33. The molecular formula is C17H21NO. The van der Waals surface area contributed by atoms with Crippen molar-refractivity contribution in [3.05, 3.63) is 59.0 Å². The zero-order chi connectivity index (χ0) is 13.2. The molecule has 0 saturated heterocycles. The van der Waals surface area contributed by atoms with Gasteiger partial charge in [-0.3, -0.25) is 0 Å². The van der Waals surface area contributed by atoms with E-state index in [1.807, 2.05) is 0 Å². The van der Waals surface area contributed by atoms with E-state index in [4.69, 9.17) is 4.74 Å². The zero-order valence-corrected chi connectivity index (χ0v) is 11.6. The summed E-state index contributed by atoms with van der Waals surface area (Å²) in [4.78, 5) is 0. The van der Waals surface area contributed by atoms with Crippen LogP contribution in [0.25, 0.3) is 0 Å². The minimum atomic E-state index is 0.398. The maximum atomic E-state index is 5.91. The van der Waals surface area contributed by atoms with Crippen molar-refractivity contribution in [1.29, 1.82) is 0 Å². The van der Waals surface area contributed by atoms with Crippen LogP contribution >= 0.6 is 0 Å². The summed E-state index contributed by atoms with van der Waals surface area (Å²) in [6, 6.07) is 11.1. The van der Waals surface area contributed by atoms with Crippen LogP contribution in [0.15, 0.2) is 53.4 Å². The normalized spacial score (nSPS) is 26.7. The van der Waals surface area contributed by atoms with Crippen LogP contribution in [0, 0.1) is 0 Å². The molecule has 2 aliphatic rings. The number of hydrogen-bond acceptors (Lipinski definition) is 2. The van der Waals surface area contributed by atoms with Gasteiger partial charge in [-0.25, -0.2) is 0 Å². The molecule has 1 aliphatic carbocycles. The standard InChI is InChI=1S/C17H21NO/c1-12-10-15(14-6-4-3-5-7-14)8-9-16-17(12)18-13(2)11-19-16/h3-7,10,13,15,18H,8-9,11H2,1-2H3. The highest BCUT2D eigenvalue weighted by Crippen LogP contribution is 2.34. The maximum absolute atomic E-state index is 5.91. The number of nitrogens with one attached hydrogen (secondary N) is 1. The summed E-state index contributed by atoms with van der Waals surface area (Å²) in [5, 5.41) is 3.57. The van der Waals surface area contributed by atoms with Crippen LogP contribution in [0.1, 0.15) is 38.2 Å². The topological polar surface area (TPSA) is 21.3 Å². The summed E-state index contributed by atoms with van der Waals surface area (Å²) in [6.45, 7) is 5.13. The Morgan fingerprint density at radius 2 is 2.00 bits per heavy atom. The van der Waals surface area contributed by atoms with E-state index in [2.05, 4.69) is 55.6 Å². The fourth-order valence-corrected chi connectivity index (χ4v) is 2.92. The predicted octanol–water partition coefficient (Wildman–Crippen LogP) is 3.73. The molecule has 2 unspecified atom stereocenters. The van der Waals surface area contributed by atoms with Gasteiger partial charge in [0, 0.05) is 12.3 Å². The molecule has 3 rings (SSSR count). The molecule has 1 heterocycles. The highest BCUT2D eigenvalue weighted by molar-refractivity contribution is 5.38. The van der Waals surface area contributed by atoms with E-state index in [1.165, 1.54) is 16.8 Å². The van der Waals surface area contributed by atoms with Gasteiger partial charge in [-0.2, -0.15) is 0 Å². The lowest BCUT2D eigenvalue weighted by atomic mass is 9.94. The SMILES string of the molecule is CC1=CC(c2ccccc2)CCC2=C1NC(C)CO2. The van der Waals surface area contributed by atoms with Gasteiger partial charge in [-0.1, -0.05) is 36.4 Å².